The Hall–Kier alpha value is -1.08. The van der Waals surface area contributed by atoms with Gasteiger partial charge in [-0.1, -0.05) is 6.07 Å². The first-order chi connectivity index (χ1) is 7.85. The second-order valence-corrected chi connectivity index (χ2v) is 6.79. The fourth-order valence-electron chi connectivity index (χ4n) is 1.90. The molecule has 1 aromatic rings. The largest absolute Gasteiger partial charge is 0.480 e. The topological polar surface area (TPSA) is 74.7 Å². The van der Waals surface area contributed by atoms with Gasteiger partial charge in [0.15, 0.2) is 15.1 Å². The molecule has 1 aliphatic heterocycles. The number of benzene rings is 1. The van der Waals surface area contributed by atoms with Crippen molar-refractivity contribution in [2.24, 2.45) is 0 Å². The molecule has 17 heavy (non-hydrogen) atoms. The van der Waals surface area contributed by atoms with Gasteiger partial charge in [0.2, 0.25) is 0 Å². The van der Waals surface area contributed by atoms with E-state index in [0.29, 0.717) is 10.2 Å². The lowest BCUT2D eigenvalue weighted by atomic mass is 10.2. The predicted molar refractivity (Wildman–Crippen MR) is 66.0 cm³/mol. The van der Waals surface area contributed by atoms with Crippen molar-refractivity contribution in [3.8, 4) is 0 Å². The molecule has 92 valence electrons. The van der Waals surface area contributed by atoms with Gasteiger partial charge in [-0.25, -0.2) is 8.42 Å². The first kappa shape index (κ1) is 12.4. The average Bonchev–Trinajstić information content (AvgIpc) is 2.23. The van der Waals surface area contributed by atoms with Crippen molar-refractivity contribution in [3.05, 3.63) is 22.7 Å². The van der Waals surface area contributed by atoms with Crippen LogP contribution in [0.4, 0.5) is 5.69 Å². The summed E-state index contributed by atoms with van der Waals surface area (Å²) in [6.45, 7) is -0.0483. The standard InChI is InChI=1S/C10H10BrNO4S/c1-12-5-8(10(13)14)17(15,16)7-4-2-3-6(11)9(7)12/h2-4,8H,5H2,1H3,(H,13,14). The number of halogens is 1. The van der Waals surface area contributed by atoms with E-state index in [1.165, 1.54) is 6.07 Å². The van der Waals surface area contributed by atoms with Crippen LogP contribution in [0.2, 0.25) is 0 Å². The molecular formula is C10H10BrNO4S. The van der Waals surface area contributed by atoms with Crippen LogP contribution in [0, 0.1) is 0 Å². The zero-order chi connectivity index (χ0) is 12.8. The lowest BCUT2D eigenvalue weighted by Gasteiger charge is -2.31. The van der Waals surface area contributed by atoms with Crippen LogP contribution in [-0.2, 0) is 14.6 Å². The van der Waals surface area contributed by atoms with Crippen molar-refractivity contribution in [2.45, 2.75) is 10.1 Å². The third kappa shape index (κ3) is 1.83. The van der Waals surface area contributed by atoms with Gasteiger partial charge in [-0.3, -0.25) is 4.79 Å². The van der Waals surface area contributed by atoms with Crippen molar-refractivity contribution in [2.75, 3.05) is 18.5 Å². The molecule has 0 amide bonds. The van der Waals surface area contributed by atoms with Gasteiger partial charge in [-0.2, -0.15) is 0 Å². The number of anilines is 1. The summed E-state index contributed by atoms with van der Waals surface area (Å²) in [5.74, 6) is -1.32. The summed E-state index contributed by atoms with van der Waals surface area (Å²) in [7, 11) is -2.13. The van der Waals surface area contributed by atoms with Crippen LogP contribution >= 0.6 is 15.9 Å². The van der Waals surface area contributed by atoms with Gasteiger partial charge in [0.25, 0.3) is 0 Å². The molecule has 7 heteroatoms. The van der Waals surface area contributed by atoms with E-state index in [-0.39, 0.29) is 11.4 Å². The molecule has 1 heterocycles. The fraction of sp³-hybridized carbons (Fsp3) is 0.300. The molecule has 0 saturated heterocycles. The van der Waals surface area contributed by atoms with E-state index >= 15 is 0 Å². The average molecular weight is 320 g/mol. The molecule has 1 N–H and O–H groups in total. The van der Waals surface area contributed by atoms with E-state index in [1.807, 2.05) is 0 Å². The number of sulfone groups is 1. The zero-order valence-corrected chi connectivity index (χ0v) is 11.3. The Morgan fingerprint density at radius 2 is 2.18 bits per heavy atom. The van der Waals surface area contributed by atoms with Crippen molar-refractivity contribution in [1.82, 2.24) is 0 Å². The molecule has 2 rings (SSSR count). The first-order valence-electron chi connectivity index (χ1n) is 4.82. The van der Waals surface area contributed by atoms with Crippen LogP contribution in [-0.4, -0.2) is 38.3 Å². The number of hydrogen-bond acceptors (Lipinski definition) is 4. The number of rotatable bonds is 1. The molecule has 0 aliphatic carbocycles. The highest BCUT2D eigenvalue weighted by molar-refractivity contribution is 9.10. The number of aliphatic carboxylic acids is 1. The Bertz CT molecular complexity index is 584. The summed E-state index contributed by atoms with van der Waals surface area (Å²) in [6.07, 6.45) is 0. The third-order valence-electron chi connectivity index (χ3n) is 2.73. The highest BCUT2D eigenvalue weighted by Crippen LogP contribution is 2.38. The number of carbonyl (C=O) groups is 1. The highest BCUT2D eigenvalue weighted by atomic mass is 79.9. The molecule has 0 fully saturated rings. The minimum atomic E-state index is -3.81. The summed E-state index contributed by atoms with van der Waals surface area (Å²) < 4.78 is 24.9. The number of hydrogen-bond donors (Lipinski definition) is 1. The van der Waals surface area contributed by atoms with Crippen LogP contribution in [0.15, 0.2) is 27.6 Å². The predicted octanol–water partition coefficient (Wildman–Crippen LogP) is 1.13. The molecule has 0 bridgehead atoms. The monoisotopic (exact) mass is 319 g/mol. The minimum absolute atomic E-state index is 0.0483. The second kappa shape index (κ2) is 3.99. The number of carboxylic acids is 1. The fourth-order valence-corrected chi connectivity index (χ4v) is 4.49. The molecule has 1 aromatic carbocycles. The molecule has 0 aromatic heterocycles. The maximum absolute atomic E-state index is 12.1. The van der Waals surface area contributed by atoms with Crippen LogP contribution < -0.4 is 4.90 Å². The first-order valence-corrected chi connectivity index (χ1v) is 7.16. The molecule has 1 atom stereocenters. The molecule has 0 spiro atoms. The Labute approximate surface area is 107 Å². The molecule has 1 aliphatic rings. The Balaban J connectivity index is 2.72. The van der Waals surface area contributed by atoms with Crippen LogP contribution in [0.25, 0.3) is 0 Å². The van der Waals surface area contributed by atoms with Gasteiger partial charge in [0.1, 0.15) is 0 Å². The maximum Gasteiger partial charge on any atom is 0.324 e. The lowest BCUT2D eigenvalue weighted by molar-refractivity contribution is -0.136. The van der Waals surface area contributed by atoms with Gasteiger partial charge in [0, 0.05) is 18.1 Å². The highest BCUT2D eigenvalue weighted by Gasteiger charge is 2.41. The van der Waals surface area contributed by atoms with Crippen LogP contribution in [0.1, 0.15) is 0 Å². The second-order valence-electron chi connectivity index (χ2n) is 3.84. The number of nitrogens with zero attached hydrogens (tertiary/aromatic N) is 1. The number of fused-ring (bicyclic) bond motifs is 1. The van der Waals surface area contributed by atoms with Crippen LogP contribution in [0.3, 0.4) is 0 Å². The molecule has 0 saturated carbocycles. The Morgan fingerprint density at radius 1 is 1.53 bits per heavy atom. The molecule has 5 nitrogen and oxygen atoms in total. The lowest BCUT2D eigenvalue weighted by Crippen LogP contribution is -2.45. The normalized spacial score (nSPS) is 22.0. The van der Waals surface area contributed by atoms with Crippen molar-refractivity contribution in [3.63, 3.8) is 0 Å². The smallest absolute Gasteiger partial charge is 0.324 e. The summed E-state index contributed by atoms with van der Waals surface area (Å²) in [4.78, 5) is 12.7. The van der Waals surface area contributed by atoms with E-state index in [4.69, 9.17) is 5.11 Å². The van der Waals surface area contributed by atoms with Crippen molar-refractivity contribution < 1.29 is 18.3 Å². The maximum atomic E-state index is 12.1. The zero-order valence-electron chi connectivity index (χ0n) is 8.92. The van der Waals surface area contributed by atoms with Gasteiger partial charge in [-0.05, 0) is 28.1 Å². The van der Waals surface area contributed by atoms with E-state index in [1.54, 1.807) is 24.1 Å². The minimum Gasteiger partial charge on any atom is -0.480 e. The Kier molecular flexibility index (Phi) is 2.90. The quantitative estimate of drug-likeness (QED) is 0.839. The van der Waals surface area contributed by atoms with E-state index in [2.05, 4.69) is 15.9 Å². The SMILES string of the molecule is CN1CC(C(=O)O)S(=O)(=O)c2cccc(Br)c21. The van der Waals surface area contributed by atoms with E-state index < -0.39 is 21.1 Å². The molecule has 1 unspecified atom stereocenters. The summed E-state index contributed by atoms with van der Waals surface area (Å²) in [5.41, 5.74) is 0.519. The van der Waals surface area contributed by atoms with E-state index in [0.717, 1.165) is 0 Å². The van der Waals surface area contributed by atoms with Crippen LogP contribution in [0.5, 0.6) is 0 Å². The summed E-state index contributed by atoms with van der Waals surface area (Å²) >= 11 is 3.28. The summed E-state index contributed by atoms with van der Waals surface area (Å²) in [5, 5.41) is 7.56. The van der Waals surface area contributed by atoms with Crippen molar-refractivity contribution >= 4 is 37.4 Å². The molecule has 0 radical (unpaired) electrons. The van der Waals surface area contributed by atoms with Gasteiger partial charge < -0.3 is 10.0 Å². The number of carboxylic acid groups (broad SMARTS) is 1. The third-order valence-corrected chi connectivity index (χ3v) is 5.41. The van der Waals surface area contributed by atoms with Gasteiger partial charge in [-0.15, -0.1) is 0 Å². The van der Waals surface area contributed by atoms with Gasteiger partial charge in [0.05, 0.1) is 10.6 Å². The van der Waals surface area contributed by atoms with Gasteiger partial charge >= 0.3 is 5.97 Å². The van der Waals surface area contributed by atoms with Crippen molar-refractivity contribution in [1.29, 1.82) is 0 Å². The van der Waals surface area contributed by atoms with E-state index in [9.17, 15) is 13.2 Å². The summed E-state index contributed by atoms with van der Waals surface area (Å²) in [6, 6.07) is 4.74. The number of para-hydroxylation sites is 1. The Morgan fingerprint density at radius 3 is 2.76 bits per heavy atom. The molecular weight excluding hydrogens is 310 g/mol.